The van der Waals surface area contributed by atoms with Crippen LogP contribution in [0.15, 0.2) is 109 Å². The van der Waals surface area contributed by atoms with Crippen LogP contribution >= 0.6 is 0 Å². The van der Waals surface area contributed by atoms with E-state index < -0.39 is 49.5 Å². The van der Waals surface area contributed by atoms with Gasteiger partial charge in [0.2, 0.25) is 5.91 Å². The van der Waals surface area contributed by atoms with Gasteiger partial charge in [0.05, 0.1) is 25.4 Å². The van der Waals surface area contributed by atoms with Crippen LogP contribution in [0, 0.1) is 0 Å². The second kappa shape index (κ2) is 47.5. The fourth-order valence-electron chi connectivity index (χ4n) is 7.80. The molecule has 68 heavy (non-hydrogen) atoms. The van der Waals surface area contributed by atoms with Crippen LogP contribution in [-0.2, 0) is 14.3 Å². The zero-order chi connectivity index (χ0) is 49.4. The van der Waals surface area contributed by atoms with E-state index in [1.54, 1.807) is 6.08 Å². The van der Waals surface area contributed by atoms with Gasteiger partial charge in [-0.05, 0) is 89.9 Å². The second-order valence-electron chi connectivity index (χ2n) is 18.3. The van der Waals surface area contributed by atoms with Crippen molar-refractivity contribution in [2.45, 2.75) is 243 Å². The first-order valence-corrected chi connectivity index (χ1v) is 27.1. The van der Waals surface area contributed by atoms with Crippen LogP contribution in [0.3, 0.4) is 0 Å². The lowest BCUT2D eigenvalue weighted by Crippen LogP contribution is -2.60. The molecular weight excluding hydrogens is 851 g/mol. The van der Waals surface area contributed by atoms with E-state index in [4.69, 9.17) is 9.47 Å². The van der Waals surface area contributed by atoms with Crippen LogP contribution in [0.25, 0.3) is 0 Å². The van der Waals surface area contributed by atoms with E-state index >= 15 is 0 Å². The summed E-state index contributed by atoms with van der Waals surface area (Å²) in [4.78, 5) is 13.0. The Morgan fingerprint density at radius 3 is 1.41 bits per heavy atom. The van der Waals surface area contributed by atoms with Gasteiger partial charge < -0.3 is 40.3 Å². The number of carbonyl (C=O) groups is 1. The Morgan fingerprint density at radius 2 is 0.926 bits per heavy atom. The molecule has 1 aliphatic rings. The predicted octanol–water partition coefficient (Wildman–Crippen LogP) is 13.0. The molecule has 1 heterocycles. The summed E-state index contributed by atoms with van der Waals surface area (Å²) in [5.74, 6) is -0.196. The van der Waals surface area contributed by atoms with E-state index in [-0.39, 0.29) is 12.5 Å². The van der Waals surface area contributed by atoms with Gasteiger partial charge in [-0.2, -0.15) is 0 Å². The van der Waals surface area contributed by atoms with Gasteiger partial charge in [-0.25, -0.2) is 0 Å². The monoisotopic (exact) mass is 950 g/mol. The Labute approximate surface area is 415 Å². The van der Waals surface area contributed by atoms with Gasteiger partial charge in [0, 0.05) is 6.42 Å². The third-order valence-corrected chi connectivity index (χ3v) is 12.1. The highest BCUT2D eigenvalue weighted by Crippen LogP contribution is 2.22. The molecule has 1 aliphatic heterocycles. The second-order valence-corrected chi connectivity index (χ2v) is 18.3. The smallest absolute Gasteiger partial charge is 0.220 e. The van der Waals surface area contributed by atoms with Crippen molar-refractivity contribution in [3.63, 3.8) is 0 Å². The Hall–Kier alpha value is -3.15. The minimum atomic E-state index is -1.58. The molecule has 0 aromatic heterocycles. The number of carbonyl (C=O) groups excluding carboxylic acids is 1. The lowest BCUT2D eigenvalue weighted by Gasteiger charge is -2.40. The SMILES string of the molecule is CC/C=C\C/C=C\C/C=C\C/C=C\C/C=C\C/C=C\C/C=C\CCCCCCCCCCCCCC(=O)NC(COC1OC(CO)C(O)C(O)C1O)C(O)/C=C/CC/C=C/CCCCCCCC. The molecule has 0 aliphatic carbocycles. The molecule has 7 unspecified atom stereocenters. The summed E-state index contributed by atoms with van der Waals surface area (Å²) < 4.78 is 11.2. The summed E-state index contributed by atoms with van der Waals surface area (Å²) in [7, 11) is 0. The van der Waals surface area contributed by atoms with Crippen molar-refractivity contribution in [2.75, 3.05) is 13.2 Å². The first-order chi connectivity index (χ1) is 33.3. The number of amides is 1. The average molecular weight is 950 g/mol. The normalized spacial score (nSPS) is 20.5. The molecule has 1 amide bonds. The molecule has 0 aromatic carbocycles. The van der Waals surface area contributed by atoms with Crippen LogP contribution in [0.4, 0.5) is 0 Å². The van der Waals surface area contributed by atoms with Crippen molar-refractivity contribution in [3.05, 3.63) is 109 Å². The summed E-state index contributed by atoms with van der Waals surface area (Å²) in [5, 5.41) is 54.3. The topological polar surface area (TPSA) is 149 Å². The van der Waals surface area contributed by atoms with Crippen LogP contribution in [0.2, 0.25) is 0 Å². The molecule has 7 atom stereocenters. The zero-order valence-electron chi connectivity index (χ0n) is 42.8. The largest absolute Gasteiger partial charge is 0.394 e. The average Bonchev–Trinajstić information content (AvgIpc) is 3.34. The van der Waals surface area contributed by atoms with Crippen LogP contribution in [-0.4, -0.2) is 87.5 Å². The van der Waals surface area contributed by atoms with Crippen molar-refractivity contribution in [1.82, 2.24) is 5.32 Å². The van der Waals surface area contributed by atoms with Crippen molar-refractivity contribution < 1.29 is 39.8 Å². The number of hydrogen-bond acceptors (Lipinski definition) is 8. The highest BCUT2D eigenvalue weighted by molar-refractivity contribution is 5.76. The molecule has 9 heteroatoms. The molecule has 0 bridgehead atoms. The van der Waals surface area contributed by atoms with Gasteiger partial charge in [0.1, 0.15) is 24.4 Å². The minimum absolute atomic E-state index is 0.196. The fourth-order valence-corrected chi connectivity index (χ4v) is 7.80. The number of unbranched alkanes of at least 4 members (excludes halogenated alkanes) is 18. The van der Waals surface area contributed by atoms with Crippen molar-refractivity contribution >= 4 is 5.91 Å². The predicted molar refractivity (Wildman–Crippen MR) is 285 cm³/mol. The van der Waals surface area contributed by atoms with Gasteiger partial charge in [0.25, 0.3) is 0 Å². The highest BCUT2D eigenvalue weighted by Gasteiger charge is 2.44. The molecule has 1 fully saturated rings. The molecule has 6 N–H and O–H groups in total. The maximum Gasteiger partial charge on any atom is 0.220 e. The Bertz CT molecular complexity index is 1430. The standard InChI is InChI=1S/C59H99NO8/c1-3-5-7-9-11-13-15-17-18-19-20-21-22-23-24-25-26-27-28-29-30-31-32-33-34-35-36-37-39-41-43-45-47-49-55(63)60-52(51-67-59-58(66)57(65)56(64)54(50-61)68-59)53(62)48-46-44-42-40-38-16-14-12-10-8-6-4-2/h5,7,11,13,17-18,20-21,23-24,26-27,29-30,38,40,46,48,52-54,56-59,61-62,64-66H,3-4,6,8-10,12,14-16,19,22,25,28,31-37,39,41-45,47,49-51H2,1-2H3,(H,60,63)/b7-5-,13-11-,18-17-,21-20-,24-23-,27-26-,30-29-,40-38+,48-46+. The number of allylic oxidation sites excluding steroid dienone is 17. The van der Waals surface area contributed by atoms with E-state index in [9.17, 15) is 30.3 Å². The van der Waals surface area contributed by atoms with Gasteiger partial charge in [0.15, 0.2) is 6.29 Å². The third-order valence-electron chi connectivity index (χ3n) is 12.1. The van der Waals surface area contributed by atoms with Gasteiger partial charge in [-0.1, -0.05) is 213 Å². The van der Waals surface area contributed by atoms with Gasteiger partial charge >= 0.3 is 0 Å². The number of hydrogen-bond donors (Lipinski definition) is 6. The number of nitrogens with one attached hydrogen (secondary N) is 1. The maximum absolute atomic E-state index is 13.0. The van der Waals surface area contributed by atoms with Crippen LogP contribution in [0.5, 0.6) is 0 Å². The third kappa shape index (κ3) is 36.8. The van der Waals surface area contributed by atoms with Crippen molar-refractivity contribution in [2.24, 2.45) is 0 Å². The molecule has 388 valence electrons. The molecule has 1 rings (SSSR count). The first-order valence-electron chi connectivity index (χ1n) is 27.1. The van der Waals surface area contributed by atoms with Gasteiger partial charge in [-0.15, -0.1) is 0 Å². The lowest BCUT2D eigenvalue weighted by molar-refractivity contribution is -0.302. The van der Waals surface area contributed by atoms with E-state index in [1.165, 1.54) is 83.5 Å². The molecule has 0 aromatic rings. The summed E-state index contributed by atoms with van der Waals surface area (Å²) in [6.45, 7) is 3.61. The number of aliphatic hydroxyl groups is 5. The lowest BCUT2D eigenvalue weighted by atomic mass is 9.99. The Morgan fingerprint density at radius 1 is 0.515 bits per heavy atom. The molecular formula is C59H99NO8. The molecule has 0 saturated carbocycles. The van der Waals surface area contributed by atoms with E-state index in [0.717, 1.165) is 96.3 Å². The fraction of sp³-hybridized carbons (Fsp3) is 0.678. The molecule has 1 saturated heterocycles. The van der Waals surface area contributed by atoms with Crippen molar-refractivity contribution in [1.29, 1.82) is 0 Å². The number of rotatable bonds is 44. The quantitative estimate of drug-likeness (QED) is 0.0261. The van der Waals surface area contributed by atoms with Crippen molar-refractivity contribution in [3.8, 4) is 0 Å². The summed E-state index contributed by atoms with van der Waals surface area (Å²) in [6.07, 6.45) is 63.0. The van der Waals surface area contributed by atoms with E-state index in [0.29, 0.717) is 6.42 Å². The summed E-state index contributed by atoms with van der Waals surface area (Å²) in [5.41, 5.74) is 0. The molecule has 0 radical (unpaired) electrons. The number of ether oxygens (including phenoxy) is 2. The van der Waals surface area contributed by atoms with Crippen LogP contribution in [0.1, 0.15) is 200 Å². The Balaban J connectivity index is 2.19. The number of aliphatic hydroxyl groups excluding tert-OH is 5. The molecule has 0 spiro atoms. The Kier molecular flexibility index (Phi) is 43.9. The maximum atomic E-state index is 13.0. The first kappa shape index (κ1) is 62.9. The molecule has 9 nitrogen and oxygen atoms in total. The van der Waals surface area contributed by atoms with E-state index in [2.05, 4.69) is 116 Å². The summed E-state index contributed by atoms with van der Waals surface area (Å²) in [6, 6.07) is -0.829. The van der Waals surface area contributed by atoms with Gasteiger partial charge in [-0.3, -0.25) is 4.79 Å². The van der Waals surface area contributed by atoms with Crippen LogP contribution < -0.4 is 5.32 Å². The zero-order valence-corrected chi connectivity index (χ0v) is 42.8. The summed E-state index contributed by atoms with van der Waals surface area (Å²) >= 11 is 0. The highest BCUT2D eigenvalue weighted by atomic mass is 16.7. The van der Waals surface area contributed by atoms with E-state index in [1.807, 2.05) is 6.08 Å². The minimum Gasteiger partial charge on any atom is -0.394 e.